The normalized spacial score (nSPS) is 12.6. The fourth-order valence-electron chi connectivity index (χ4n) is 4.03. The van der Waals surface area contributed by atoms with Crippen molar-refractivity contribution in [2.75, 3.05) is 11.4 Å². The molecular formula is C28H32N2O4. The third kappa shape index (κ3) is 6.08. The molecule has 0 fully saturated rings. The Morgan fingerprint density at radius 1 is 1.09 bits per heavy atom. The second kappa shape index (κ2) is 10.2. The first-order chi connectivity index (χ1) is 16.0. The average Bonchev–Trinajstić information content (AvgIpc) is 3.17. The van der Waals surface area contributed by atoms with Crippen LogP contribution in [0.3, 0.4) is 0 Å². The van der Waals surface area contributed by atoms with E-state index < -0.39 is 11.6 Å². The van der Waals surface area contributed by atoms with Gasteiger partial charge in [-0.05, 0) is 87.1 Å². The topological polar surface area (TPSA) is 90.7 Å². The van der Waals surface area contributed by atoms with Crippen molar-refractivity contribution in [3.8, 4) is 11.1 Å². The lowest BCUT2D eigenvalue weighted by atomic mass is 9.88. The smallest absolute Gasteiger partial charge is 0.307 e. The van der Waals surface area contributed by atoms with Gasteiger partial charge in [0.05, 0.1) is 17.6 Å². The van der Waals surface area contributed by atoms with Crippen molar-refractivity contribution in [2.45, 2.75) is 53.1 Å². The van der Waals surface area contributed by atoms with Crippen LogP contribution in [-0.2, 0) is 17.6 Å². The maximum absolute atomic E-state index is 13.1. The van der Waals surface area contributed by atoms with E-state index in [1.807, 2.05) is 44.2 Å². The van der Waals surface area contributed by atoms with Gasteiger partial charge >= 0.3 is 5.97 Å². The summed E-state index contributed by atoms with van der Waals surface area (Å²) in [7, 11) is 0. The van der Waals surface area contributed by atoms with Crippen LogP contribution in [0.25, 0.3) is 11.1 Å². The number of aryl methyl sites for hydroxylation is 2. The van der Waals surface area contributed by atoms with Gasteiger partial charge in [-0.25, -0.2) is 0 Å². The lowest BCUT2D eigenvalue weighted by Gasteiger charge is -2.21. The number of carboxylic acids is 1. The van der Waals surface area contributed by atoms with E-state index in [4.69, 9.17) is 5.11 Å². The largest absolute Gasteiger partial charge is 0.481 e. The van der Waals surface area contributed by atoms with E-state index in [1.165, 1.54) is 0 Å². The number of fused-ring (bicyclic) bond motifs is 1. The molecule has 3 aromatic rings. The number of anilines is 1. The van der Waals surface area contributed by atoms with E-state index in [1.54, 1.807) is 50.2 Å². The molecule has 6 nitrogen and oxygen atoms in total. The Hall–Kier alpha value is -3.51. The van der Waals surface area contributed by atoms with Gasteiger partial charge in [-0.2, -0.15) is 0 Å². The number of amides is 1. The number of carbonyl (C=O) groups excluding carboxylic acids is 1. The van der Waals surface area contributed by atoms with Crippen LogP contribution in [0.1, 0.15) is 53.4 Å². The van der Waals surface area contributed by atoms with Crippen LogP contribution < -0.4 is 4.90 Å². The molecular weight excluding hydrogens is 428 g/mol. The number of hydrogen-bond donors (Lipinski definition) is 2. The molecule has 178 valence electrons. The number of pyridine rings is 1. The molecule has 2 N–H and O–H groups in total. The van der Waals surface area contributed by atoms with Crippen LogP contribution in [-0.4, -0.2) is 39.2 Å². The molecule has 0 saturated carbocycles. The van der Waals surface area contributed by atoms with Gasteiger partial charge < -0.3 is 15.1 Å². The van der Waals surface area contributed by atoms with Gasteiger partial charge in [0.15, 0.2) is 0 Å². The van der Waals surface area contributed by atoms with Crippen molar-refractivity contribution in [3.63, 3.8) is 0 Å². The Morgan fingerprint density at radius 3 is 2.29 bits per heavy atom. The number of rotatable bonds is 4. The highest BCUT2D eigenvalue weighted by atomic mass is 16.4. The fraction of sp³-hybridized carbons (Fsp3) is 0.321. The van der Waals surface area contributed by atoms with Crippen LogP contribution in [0.2, 0.25) is 0 Å². The van der Waals surface area contributed by atoms with Gasteiger partial charge in [0.2, 0.25) is 0 Å². The van der Waals surface area contributed by atoms with Gasteiger partial charge in [0.1, 0.15) is 0 Å². The van der Waals surface area contributed by atoms with E-state index in [0.717, 1.165) is 39.1 Å². The van der Waals surface area contributed by atoms with E-state index in [2.05, 4.69) is 4.98 Å². The molecule has 2 heterocycles. The molecule has 34 heavy (non-hydrogen) atoms. The number of carbonyl (C=O) groups is 2. The molecule has 1 aliphatic heterocycles. The third-order valence-electron chi connectivity index (χ3n) is 5.44. The summed E-state index contributed by atoms with van der Waals surface area (Å²) in [6, 6.07) is 13.6. The van der Waals surface area contributed by atoms with E-state index in [-0.39, 0.29) is 12.3 Å². The van der Waals surface area contributed by atoms with Crippen LogP contribution in [0.5, 0.6) is 0 Å². The number of aromatic nitrogens is 1. The first-order valence-electron chi connectivity index (χ1n) is 11.3. The van der Waals surface area contributed by atoms with Crippen molar-refractivity contribution in [1.82, 2.24) is 4.98 Å². The van der Waals surface area contributed by atoms with E-state index in [0.29, 0.717) is 18.5 Å². The summed E-state index contributed by atoms with van der Waals surface area (Å²) in [5.41, 5.74) is 6.72. The van der Waals surface area contributed by atoms with Crippen molar-refractivity contribution < 1.29 is 19.8 Å². The Bertz CT molecular complexity index is 1170. The molecule has 1 aromatic heterocycles. The van der Waals surface area contributed by atoms with Crippen molar-refractivity contribution in [1.29, 1.82) is 0 Å². The molecule has 0 unspecified atom stereocenters. The molecule has 2 aromatic carbocycles. The molecule has 0 bridgehead atoms. The predicted molar refractivity (Wildman–Crippen MR) is 134 cm³/mol. The van der Waals surface area contributed by atoms with Crippen LogP contribution in [0.4, 0.5) is 5.69 Å². The summed E-state index contributed by atoms with van der Waals surface area (Å²) in [5.74, 6) is -0.945. The van der Waals surface area contributed by atoms with Crippen LogP contribution in [0, 0.1) is 13.8 Å². The Labute approximate surface area is 200 Å². The van der Waals surface area contributed by atoms with Crippen LogP contribution in [0.15, 0.2) is 54.9 Å². The Kier molecular flexibility index (Phi) is 7.52. The first kappa shape index (κ1) is 25.1. The van der Waals surface area contributed by atoms with Crippen molar-refractivity contribution in [2.24, 2.45) is 0 Å². The predicted octanol–water partition coefficient (Wildman–Crippen LogP) is 4.97. The zero-order valence-corrected chi connectivity index (χ0v) is 20.4. The summed E-state index contributed by atoms with van der Waals surface area (Å²) in [4.78, 5) is 30.5. The monoisotopic (exact) mass is 460 g/mol. The second-order valence-corrected chi connectivity index (χ2v) is 9.60. The minimum absolute atomic E-state index is 0.0428. The number of aliphatic hydroxyl groups is 1. The van der Waals surface area contributed by atoms with Crippen molar-refractivity contribution in [3.05, 3.63) is 82.7 Å². The number of carboxylic acid groups (broad SMARTS) is 1. The van der Waals surface area contributed by atoms with Gasteiger partial charge in [0, 0.05) is 24.6 Å². The second-order valence-electron chi connectivity index (χ2n) is 9.60. The highest BCUT2D eigenvalue weighted by Crippen LogP contribution is 2.41. The summed E-state index contributed by atoms with van der Waals surface area (Å²) in [6.07, 6.45) is 3.87. The van der Waals surface area contributed by atoms with Gasteiger partial charge in [-0.15, -0.1) is 0 Å². The quantitative estimate of drug-likeness (QED) is 0.573. The van der Waals surface area contributed by atoms with Crippen LogP contribution >= 0.6 is 0 Å². The number of benzene rings is 2. The summed E-state index contributed by atoms with van der Waals surface area (Å²) in [5, 5.41) is 18.0. The molecule has 0 atom stereocenters. The zero-order valence-electron chi connectivity index (χ0n) is 20.4. The maximum atomic E-state index is 13.1. The lowest BCUT2D eigenvalue weighted by molar-refractivity contribution is -0.136. The minimum Gasteiger partial charge on any atom is -0.481 e. The molecule has 0 saturated heterocycles. The van der Waals surface area contributed by atoms with Crippen molar-refractivity contribution >= 4 is 17.6 Å². The fourth-order valence-corrected chi connectivity index (χ4v) is 4.03. The molecule has 0 spiro atoms. The average molecular weight is 461 g/mol. The van der Waals surface area contributed by atoms with Gasteiger partial charge in [0.25, 0.3) is 5.91 Å². The minimum atomic E-state index is -0.859. The SMILES string of the molecule is CC(C)(C)O.Cc1ccc(-c2c(CC(=O)O)c(C)cc3c2CCN3C(=O)c2cccnc2)cc1. The highest BCUT2D eigenvalue weighted by Gasteiger charge is 2.30. The standard InChI is InChI=1S/C24H22N2O3.C4H10O/c1-15-5-7-17(8-6-15)23-19-9-11-26(24(29)18-4-3-10-25-14-18)21(19)12-16(2)20(23)13-22(27)28;1-4(2,3)5/h3-8,10,12,14H,9,11,13H2,1-2H3,(H,27,28);5H,1-3H3. The number of aliphatic carboxylic acids is 1. The molecule has 1 aliphatic rings. The lowest BCUT2D eigenvalue weighted by Crippen LogP contribution is -2.29. The maximum Gasteiger partial charge on any atom is 0.307 e. The number of nitrogens with zero attached hydrogens (tertiary/aromatic N) is 2. The van der Waals surface area contributed by atoms with Gasteiger partial charge in [-0.3, -0.25) is 14.6 Å². The van der Waals surface area contributed by atoms with E-state index >= 15 is 0 Å². The Balaban J connectivity index is 0.000000588. The third-order valence-corrected chi connectivity index (χ3v) is 5.44. The zero-order chi connectivity index (χ0) is 25.0. The number of hydrogen-bond acceptors (Lipinski definition) is 4. The summed E-state index contributed by atoms with van der Waals surface area (Å²) < 4.78 is 0. The highest BCUT2D eigenvalue weighted by molar-refractivity contribution is 6.08. The molecule has 4 rings (SSSR count). The molecule has 0 aliphatic carbocycles. The molecule has 1 amide bonds. The van der Waals surface area contributed by atoms with E-state index in [9.17, 15) is 14.7 Å². The molecule has 0 radical (unpaired) electrons. The molecule has 6 heteroatoms. The summed E-state index contributed by atoms with van der Waals surface area (Å²) >= 11 is 0. The van der Waals surface area contributed by atoms with Gasteiger partial charge in [-0.1, -0.05) is 29.8 Å². The Morgan fingerprint density at radius 2 is 1.74 bits per heavy atom. The summed E-state index contributed by atoms with van der Waals surface area (Å²) in [6.45, 7) is 9.74. The first-order valence-corrected chi connectivity index (χ1v) is 11.3.